The van der Waals surface area contributed by atoms with Crippen LogP contribution in [0.1, 0.15) is 38.5 Å². The van der Waals surface area contributed by atoms with Gasteiger partial charge in [0.15, 0.2) is 11.4 Å². The molecule has 0 saturated heterocycles. The zero-order valence-electron chi connectivity index (χ0n) is 12.5. The van der Waals surface area contributed by atoms with Crippen LogP contribution in [-0.2, 0) is 6.42 Å². The Kier molecular flexibility index (Phi) is 2.97. The Hall–Kier alpha value is -3.02. The molecule has 114 valence electrons. The van der Waals surface area contributed by atoms with Crippen LogP contribution in [0, 0.1) is 6.92 Å². The monoisotopic (exact) mass is 306 g/mol. The molecule has 23 heavy (non-hydrogen) atoms. The predicted octanol–water partition coefficient (Wildman–Crippen LogP) is 2.42. The number of anilines is 1. The molecule has 1 amide bonds. The molecule has 0 fully saturated rings. The maximum Gasteiger partial charge on any atom is 0.256 e. The van der Waals surface area contributed by atoms with Crippen molar-refractivity contribution in [1.82, 2.24) is 14.6 Å². The molecule has 0 atom stereocenters. The van der Waals surface area contributed by atoms with Gasteiger partial charge in [0.05, 0.1) is 5.69 Å². The summed E-state index contributed by atoms with van der Waals surface area (Å²) >= 11 is 0. The molecule has 4 rings (SSSR count). The first-order valence-corrected chi connectivity index (χ1v) is 7.42. The molecule has 2 heterocycles. The lowest BCUT2D eigenvalue weighted by atomic mass is 10.0. The second kappa shape index (κ2) is 5.01. The minimum Gasteiger partial charge on any atom is -0.319 e. The molecule has 1 aromatic carbocycles. The van der Waals surface area contributed by atoms with Gasteiger partial charge < -0.3 is 5.32 Å². The van der Waals surface area contributed by atoms with Crippen molar-refractivity contribution in [2.45, 2.75) is 19.8 Å². The fourth-order valence-corrected chi connectivity index (χ4v) is 3.00. The lowest BCUT2D eigenvalue weighted by molar-refractivity contribution is 0.0993. The van der Waals surface area contributed by atoms with E-state index in [1.54, 1.807) is 48.0 Å². The Morgan fingerprint density at radius 2 is 2.09 bits per heavy atom. The van der Waals surface area contributed by atoms with E-state index in [9.17, 15) is 9.59 Å². The standard InChI is InChI=1S/C17H14N4O2/c1-10-18-16-14(6-3-9-21(16)20-10)19-17(23)13-5-2-4-12-11(13)7-8-15(12)22/h2-6,9H,7-8H2,1H3,(H,19,23). The number of ketones is 1. The van der Waals surface area contributed by atoms with Crippen molar-refractivity contribution in [3.8, 4) is 0 Å². The van der Waals surface area contributed by atoms with Gasteiger partial charge in [-0.25, -0.2) is 9.50 Å². The number of nitrogens with one attached hydrogen (secondary N) is 1. The number of Topliss-reactive ketones (excluding diaryl/α,β-unsaturated/α-hetero) is 1. The van der Waals surface area contributed by atoms with E-state index in [2.05, 4.69) is 15.4 Å². The van der Waals surface area contributed by atoms with E-state index >= 15 is 0 Å². The molecule has 0 radical (unpaired) electrons. The van der Waals surface area contributed by atoms with Gasteiger partial charge >= 0.3 is 0 Å². The summed E-state index contributed by atoms with van der Waals surface area (Å²) in [6, 6.07) is 8.87. The number of hydrogen-bond donors (Lipinski definition) is 1. The second-order valence-corrected chi connectivity index (χ2v) is 5.56. The topological polar surface area (TPSA) is 76.4 Å². The summed E-state index contributed by atoms with van der Waals surface area (Å²) in [6.07, 6.45) is 2.87. The molecule has 3 aromatic rings. The fourth-order valence-electron chi connectivity index (χ4n) is 3.00. The molecule has 0 unspecified atom stereocenters. The number of hydrogen-bond acceptors (Lipinski definition) is 4. The summed E-state index contributed by atoms with van der Waals surface area (Å²) in [4.78, 5) is 28.8. The van der Waals surface area contributed by atoms with Crippen LogP contribution < -0.4 is 5.32 Å². The summed E-state index contributed by atoms with van der Waals surface area (Å²) in [5.41, 5.74) is 3.24. The van der Waals surface area contributed by atoms with Gasteiger partial charge in [0.2, 0.25) is 0 Å². The fraction of sp³-hybridized carbons (Fsp3) is 0.176. The van der Waals surface area contributed by atoms with E-state index in [-0.39, 0.29) is 11.7 Å². The number of nitrogens with zero attached hydrogens (tertiary/aromatic N) is 3. The van der Waals surface area contributed by atoms with Crippen LogP contribution in [0.5, 0.6) is 0 Å². The SMILES string of the molecule is Cc1nc2c(NC(=O)c3cccc4c3CCC4=O)cccn2n1. The average Bonchev–Trinajstić information content (AvgIpc) is 3.10. The summed E-state index contributed by atoms with van der Waals surface area (Å²) in [7, 11) is 0. The number of amides is 1. The molecule has 6 heteroatoms. The number of fused-ring (bicyclic) bond motifs is 2. The highest BCUT2D eigenvalue weighted by Crippen LogP contribution is 2.26. The van der Waals surface area contributed by atoms with Gasteiger partial charge in [0.25, 0.3) is 5.91 Å². The third-order valence-electron chi connectivity index (χ3n) is 4.04. The molecule has 1 N–H and O–H groups in total. The Morgan fingerprint density at radius 3 is 2.96 bits per heavy atom. The Morgan fingerprint density at radius 1 is 1.22 bits per heavy atom. The van der Waals surface area contributed by atoms with E-state index in [0.717, 1.165) is 5.56 Å². The maximum absolute atomic E-state index is 12.7. The van der Waals surface area contributed by atoms with Gasteiger partial charge in [0.1, 0.15) is 5.82 Å². The van der Waals surface area contributed by atoms with Crippen LogP contribution >= 0.6 is 0 Å². The zero-order chi connectivity index (χ0) is 16.0. The van der Waals surface area contributed by atoms with Gasteiger partial charge in [-0.2, -0.15) is 5.10 Å². The molecular formula is C17H14N4O2. The van der Waals surface area contributed by atoms with E-state index in [0.29, 0.717) is 41.1 Å². The number of rotatable bonds is 2. The van der Waals surface area contributed by atoms with Crippen molar-refractivity contribution in [2.75, 3.05) is 5.32 Å². The van der Waals surface area contributed by atoms with E-state index in [4.69, 9.17) is 0 Å². The van der Waals surface area contributed by atoms with Gasteiger partial charge in [-0.1, -0.05) is 12.1 Å². The van der Waals surface area contributed by atoms with Crippen molar-refractivity contribution in [1.29, 1.82) is 0 Å². The molecule has 1 aliphatic carbocycles. The smallest absolute Gasteiger partial charge is 0.256 e. The van der Waals surface area contributed by atoms with Crippen molar-refractivity contribution in [3.05, 3.63) is 59.0 Å². The van der Waals surface area contributed by atoms with Crippen LogP contribution in [0.15, 0.2) is 36.5 Å². The highest BCUT2D eigenvalue weighted by Gasteiger charge is 2.24. The molecule has 0 aliphatic heterocycles. The third kappa shape index (κ3) is 2.19. The van der Waals surface area contributed by atoms with E-state index in [1.807, 2.05) is 0 Å². The number of carbonyl (C=O) groups is 2. The Labute approximate surface area is 132 Å². The first-order valence-electron chi connectivity index (χ1n) is 7.42. The van der Waals surface area contributed by atoms with Gasteiger partial charge in [0, 0.05) is 23.7 Å². The first-order chi connectivity index (χ1) is 11.1. The molecular weight excluding hydrogens is 292 g/mol. The van der Waals surface area contributed by atoms with Crippen LogP contribution in [0.25, 0.3) is 5.65 Å². The number of aryl methyl sites for hydroxylation is 1. The summed E-state index contributed by atoms with van der Waals surface area (Å²) in [5, 5.41) is 7.12. The lowest BCUT2D eigenvalue weighted by Gasteiger charge is -2.09. The normalized spacial score (nSPS) is 13.3. The number of pyridine rings is 1. The minimum atomic E-state index is -0.231. The molecule has 6 nitrogen and oxygen atoms in total. The molecule has 0 bridgehead atoms. The molecule has 0 spiro atoms. The highest BCUT2D eigenvalue weighted by molar-refractivity contribution is 6.10. The molecule has 2 aromatic heterocycles. The number of benzene rings is 1. The van der Waals surface area contributed by atoms with E-state index < -0.39 is 0 Å². The van der Waals surface area contributed by atoms with Crippen molar-refractivity contribution in [2.24, 2.45) is 0 Å². The van der Waals surface area contributed by atoms with Crippen LogP contribution in [0.4, 0.5) is 5.69 Å². The largest absolute Gasteiger partial charge is 0.319 e. The minimum absolute atomic E-state index is 0.102. The van der Waals surface area contributed by atoms with Crippen LogP contribution in [-0.4, -0.2) is 26.3 Å². The number of aromatic nitrogens is 3. The van der Waals surface area contributed by atoms with Crippen LogP contribution in [0.3, 0.4) is 0 Å². The predicted molar refractivity (Wildman–Crippen MR) is 84.8 cm³/mol. The summed E-state index contributed by atoms with van der Waals surface area (Å²) in [6.45, 7) is 1.80. The quantitative estimate of drug-likeness (QED) is 0.789. The van der Waals surface area contributed by atoms with Gasteiger partial charge in [-0.3, -0.25) is 9.59 Å². The second-order valence-electron chi connectivity index (χ2n) is 5.56. The van der Waals surface area contributed by atoms with E-state index in [1.165, 1.54) is 0 Å². The summed E-state index contributed by atoms with van der Waals surface area (Å²) < 4.78 is 1.63. The van der Waals surface area contributed by atoms with Crippen molar-refractivity contribution in [3.63, 3.8) is 0 Å². The van der Waals surface area contributed by atoms with Gasteiger partial charge in [-0.05, 0) is 37.1 Å². The Balaban J connectivity index is 1.72. The van der Waals surface area contributed by atoms with Crippen molar-refractivity contribution < 1.29 is 9.59 Å². The van der Waals surface area contributed by atoms with Gasteiger partial charge in [-0.15, -0.1) is 0 Å². The Bertz CT molecular complexity index is 958. The highest BCUT2D eigenvalue weighted by atomic mass is 16.1. The molecule has 1 aliphatic rings. The zero-order valence-corrected chi connectivity index (χ0v) is 12.5. The number of carbonyl (C=O) groups excluding carboxylic acids is 2. The third-order valence-corrected chi connectivity index (χ3v) is 4.04. The van der Waals surface area contributed by atoms with Crippen LogP contribution in [0.2, 0.25) is 0 Å². The average molecular weight is 306 g/mol. The summed E-state index contributed by atoms with van der Waals surface area (Å²) in [5.74, 6) is 0.507. The lowest BCUT2D eigenvalue weighted by Crippen LogP contribution is -2.15. The molecule has 0 saturated carbocycles. The van der Waals surface area contributed by atoms with Crippen molar-refractivity contribution >= 4 is 23.0 Å². The first kappa shape index (κ1) is 13.6. The maximum atomic E-state index is 12.7.